The van der Waals surface area contributed by atoms with Gasteiger partial charge in [-0.15, -0.1) is 5.10 Å². The number of H-pyrrole nitrogens is 1. The third-order valence-corrected chi connectivity index (χ3v) is 2.79. The number of nitrogens with zero attached hydrogens (tertiary/aromatic N) is 3. The monoisotopic (exact) mass is 312 g/mol. The topological polar surface area (TPSA) is 92.0 Å². The summed E-state index contributed by atoms with van der Waals surface area (Å²) in [5.74, 6) is -1.16. The second-order valence-corrected chi connectivity index (χ2v) is 4.48. The molecule has 1 aromatic carbocycles. The van der Waals surface area contributed by atoms with Gasteiger partial charge in [-0.1, -0.05) is 19.1 Å². The Morgan fingerprint density at radius 3 is 2.82 bits per heavy atom. The molecule has 4 N–H and O–H groups in total. The van der Waals surface area contributed by atoms with Crippen LogP contribution in [0.25, 0.3) is 0 Å². The van der Waals surface area contributed by atoms with Crippen molar-refractivity contribution in [2.45, 2.75) is 26.1 Å². The van der Waals surface area contributed by atoms with Gasteiger partial charge in [-0.05, 0) is 24.1 Å². The lowest BCUT2D eigenvalue weighted by atomic mass is 10.1. The number of halogens is 3. The van der Waals surface area contributed by atoms with Gasteiger partial charge in [0.2, 0.25) is 0 Å². The molecule has 2 aromatic rings. The van der Waals surface area contributed by atoms with Crippen molar-refractivity contribution < 1.29 is 13.2 Å². The van der Waals surface area contributed by atoms with Gasteiger partial charge in [-0.2, -0.15) is 13.2 Å². The SMILES string of the molecule is CCc1cccc(NC(N)=NCc2nc(C(F)(F)F)n[nH]2)c1. The average Bonchev–Trinajstić information content (AvgIpc) is 2.94. The minimum absolute atomic E-state index is 0.0145. The van der Waals surface area contributed by atoms with E-state index in [2.05, 4.69) is 25.5 Å². The quantitative estimate of drug-likeness (QED) is 0.597. The lowest BCUT2D eigenvalue weighted by Gasteiger charge is -2.06. The van der Waals surface area contributed by atoms with Crippen LogP contribution >= 0.6 is 0 Å². The average molecular weight is 312 g/mol. The van der Waals surface area contributed by atoms with Gasteiger partial charge in [0, 0.05) is 5.69 Å². The molecule has 0 aliphatic rings. The molecule has 6 nitrogen and oxygen atoms in total. The standard InChI is InChI=1S/C13H15F3N6/c1-2-8-4-3-5-9(6-8)19-12(17)18-7-10-20-11(22-21-10)13(14,15)16/h3-6H,2,7H2,1H3,(H3,17,18,19)(H,20,21,22). The van der Waals surface area contributed by atoms with Crippen LogP contribution < -0.4 is 11.1 Å². The first-order valence-electron chi connectivity index (χ1n) is 6.53. The fourth-order valence-electron chi connectivity index (χ4n) is 1.71. The van der Waals surface area contributed by atoms with E-state index in [1.54, 1.807) is 0 Å². The zero-order valence-electron chi connectivity index (χ0n) is 11.8. The number of hydrogen-bond acceptors (Lipinski definition) is 3. The van der Waals surface area contributed by atoms with E-state index >= 15 is 0 Å². The molecule has 0 radical (unpaired) electrons. The van der Waals surface area contributed by atoms with E-state index in [4.69, 9.17) is 5.73 Å². The Hall–Kier alpha value is -2.58. The fourth-order valence-corrected chi connectivity index (χ4v) is 1.71. The lowest BCUT2D eigenvalue weighted by molar-refractivity contribution is -0.144. The third-order valence-electron chi connectivity index (χ3n) is 2.79. The van der Waals surface area contributed by atoms with E-state index in [0.29, 0.717) is 0 Å². The smallest absolute Gasteiger partial charge is 0.370 e. The van der Waals surface area contributed by atoms with Crippen molar-refractivity contribution in [1.29, 1.82) is 0 Å². The summed E-state index contributed by atoms with van der Waals surface area (Å²) in [7, 11) is 0. The number of aryl methyl sites for hydroxylation is 1. The van der Waals surface area contributed by atoms with Crippen molar-refractivity contribution in [2.24, 2.45) is 10.7 Å². The molecular formula is C13H15F3N6. The third kappa shape index (κ3) is 4.21. The van der Waals surface area contributed by atoms with Crippen LogP contribution in [-0.2, 0) is 19.1 Å². The van der Waals surface area contributed by atoms with Crippen molar-refractivity contribution in [3.8, 4) is 0 Å². The van der Waals surface area contributed by atoms with E-state index in [1.165, 1.54) is 0 Å². The second kappa shape index (κ2) is 6.46. The molecule has 2 rings (SSSR count). The van der Waals surface area contributed by atoms with Crippen LogP contribution in [-0.4, -0.2) is 21.1 Å². The molecule has 0 saturated carbocycles. The summed E-state index contributed by atoms with van der Waals surface area (Å²) < 4.78 is 37.0. The van der Waals surface area contributed by atoms with Gasteiger partial charge in [0.05, 0.1) is 0 Å². The number of aliphatic imine (C=N–C) groups is 1. The Morgan fingerprint density at radius 2 is 2.18 bits per heavy atom. The molecule has 1 heterocycles. The van der Waals surface area contributed by atoms with Crippen molar-refractivity contribution in [3.05, 3.63) is 41.5 Å². The van der Waals surface area contributed by atoms with E-state index < -0.39 is 12.0 Å². The summed E-state index contributed by atoms with van der Waals surface area (Å²) in [6, 6.07) is 7.59. The van der Waals surface area contributed by atoms with Crippen molar-refractivity contribution in [1.82, 2.24) is 15.2 Å². The number of rotatable bonds is 4. The van der Waals surface area contributed by atoms with Crippen LogP contribution in [0.2, 0.25) is 0 Å². The number of aromatic amines is 1. The van der Waals surface area contributed by atoms with E-state index in [1.807, 2.05) is 31.2 Å². The van der Waals surface area contributed by atoms with E-state index in [0.717, 1.165) is 17.7 Å². The molecule has 0 saturated heterocycles. The zero-order chi connectivity index (χ0) is 16.2. The summed E-state index contributed by atoms with van der Waals surface area (Å²) >= 11 is 0. The molecule has 118 valence electrons. The number of hydrogen-bond donors (Lipinski definition) is 3. The Balaban J connectivity index is 1.99. The number of aromatic nitrogens is 3. The van der Waals surface area contributed by atoms with Crippen LogP contribution in [0.5, 0.6) is 0 Å². The number of alkyl halides is 3. The van der Waals surface area contributed by atoms with Crippen LogP contribution in [0.4, 0.5) is 18.9 Å². The Labute approximate surface area is 124 Å². The predicted octanol–water partition coefficient (Wildman–Crippen LogP) is 2.31. The minimum atomic E-state index is -4.58. The summed E-state index contributed by atoms with van der Waals surface area (Å²) in [5, 5.41) is 8.13. The molecule has 0 aliphatic heterocycles. The lowest BCUT2D eigenvalue weighted by Crippen LogP contribution is -2.22. The molecule has 0 unspecified atom stereocenters. The molecule has 22 heavy (non-hydrogen) atoms. The number of nitrogens with one attached hydrogen (secondary N) is 2. The Kier molecular flexibility index (Phi) is 4.64. The highest BCUT2D eigenvalue weighted by molar-refractivity contribution is 5.92. The molecule has 9 heteroatoms. The maximum absolute atomic E-state index is 12.3. The van der Waals surface area contributed by atoms with Gasteiger partial charge in [-0.25, -0.2) is 9.98 Å². The van der Waals surface area contributed by atoms with Gasteiger partial charge in [0.15, 0.2) is 5.96 Å². The molecule has 0 fully saturated rings. The maximum Gasteiger partial charge on any atom is 0.453 e. The molecule has 1 aromatic heterocycles. The number of guanidine groups is 1. The van der Waals surface area contributed by atoms with Crippen LogP contribution in [0.15, 0.2) is 29.3 Å². The van der Waals surface area contributed by atoms with Crippen LogP contribution in [0, 0.1) is 0 Å². The summed E-state index contributed by atoms with van der Waals surface area (Å²) in [6.45, 7) is 1.90. The van der Waals surface area contributed by atoms with Crippen LogP contribution in [0.3, 0.4) is 0 Å². The Morgan fingerprint density at radius 1 is 1.41 bits per heavy atom. The predicted molar refractivity (Wildman–Crippen MR) is 76.2 cm³/mol. The first-order valence-corrected chi connectivity index (χ1v) is 6.53. The summed E-state index contributed by atoms with van der Waals surface area (Å²) in [6.07, 6.45) is -3.70. The highest BCUT2D eigenvalue weighted by Crippen LogP contribution is 2.25. The van der Waals surface area contributed by atoms with E-state index in [9.17, 15) is 13.2 Å². The first kappa shape index (κ1) is 15.8. The summed E-state index contributed by atoms with van der Waals surface area (Å²) in [5.41, 5.74) is 7.58. The molecule has 0 aliphatic carbocycles. The maximum atomic E-state index is 12.3. The van der Waals surface area contributed by atoms with Gasteiger partial charge in [0.1, 0.15) is 12.4 Å². The molecule has 0 atom stereocenters. The minimum Gasteiger partial charge on any atom is -0.370 e. The number of nitrogens with two attached hydrogens (primary N) is 1. The molecule has 0 spiro atoms. The Bertz CT molecular complexity index is 662. The normalized spacial score (nSPS) is 12.5. The van der Waals surface area contributed by atoms with Gasteiger partial charge in [0.25, 0.3) is 5.82 Å². The largest absolute Gasteiger partial charge is 0.453 e. The van der Waals surface area contributed by atoms with Gasteiger partial charge in [-0.3, -0.25) is 5.10 Å². The van der Waals surface area contributed by atoms with Gasteiger partial charge >= 0.3 is 6.18 Å². The second-order valence-electron chi connectivity index (χ2n) is 4.48. The van der Waals surface area contributed by atoms with Crippen molar-refractivity contribution in [2.75, 3.05) is 5.32 Å². The first-order chi connectivity index (χ1) is 10.4. The number of benzene rings is 1. The van der Waals surface area contributed by atoms with E-state index in [-0.39, 0.29) is 18.3 Å². The molecule has 0 amide bonds. The van der Waals surface area contributed by atoms with Crippen LogP contribution in [0.1, 0.15) is 24.1 Å². The highest BCUT2D eigenvalue weighted by Gasteiger charge is 2.35. The highest BCUT2D eigenvalue weighted by atomic mass is 19.4. The fraction of sp³-hybridized carbons (Fsp3) is 0.308. The summed E-state index contributed by atoms with van der Waals surface area (Å²) in [4.78, 5) is 7.23. The number of anilines is 1. The zero-order valence-corrected chi connectivity index (χ0v) is 11.8. The van der Waals surface area contributed by atoms with Gasteiger partial charge < -0.3 is 11.1 Å². The van der Waals surface area contributed by atoms with Crippen molar-refractivity contribution >= 4 is 11.6 Å². The molecular weight excluding hydrogens is 297 g/mol. The molecule has 0 bridgehead atoms. The van der Waals surface area contributed by atoms with Crippen molar-refractivity contribution in [3.63, 3.8) is 0 Å².